The van der Waals surface area contributed by atoms with Crippen LogP contribution in [0.1, 0.15) is 56.9 Å². The average molecular weight is 431 g/mol. The van der Waals surface area contributed by atoms with Gasteiger partial charge >= 0.3 is 5.97 Å². The van der Waals surface area contributed by atoms with Gasteiger partial charge in [0, 0.05) is 32.1 Å². The van der Waals surface area contributed by atoms with Crippen LogP contribution in [-0.4, -0.2) is 61.0 Å². The van der Waals surface area contributed by atoms with Gasteiger partial charge in [0.05, 0.1) is 19.4 Å². The zero-order chi connectivity index (χ0) is 22.2. The van der Waals surface area contributed by atoms with E-state index in [2.05, 4.69) is 4.99 Å². The first-order chi connectivity index (χ1) is 15.0. The van der Waals surface area contributed by atoms with E-state index in [1.54, 1.807) is 4.90 Å². The Balaban J connectivity index is 1.41. The van der Waals surface area contributed by atoms with Crippen molar-refractivity contribution < 1.29 is 19.1 Å². The van der Waals surface area contributed by atoms with Crippen molar-refractivity contribution in [1.82, 2.24) is 9.80 Å². The largest absolute Gasteiger partial charge is 0.494 e. The molecule has 0 unspecified atom stereocenters. The number of rotatable bonds is 9. The van der Waals surface area contributed by atoms with Crippen molar-refractivity contribution in [2.24, 2.45) is 10.7 Å². The van der Waals surface area contributed by atoms with Gasteiger partial charge in [-0.2, -0.15) is 0 Å². The Kier molecular flexibility index (Phi) is 8.14. The summed E-state index contributed by atoms with van der Waals surface area (Å²) in [6.07, 6.45) is 8.23. The molecular weight excluding hydrogens is 396 g/mol. The number of hydrogen-bond acceptors (Lipinski definition) is 7. The zero-order valence-electron chi connectivity index (χ0n) is 18.6. The average Bonchev–Trinajstić information content (AvgIpc) is 2.79. The van der Waals surface area contributed by atoms with Gasteiger partial charge < -0.3 is 25.0 Å². The summed E-state index contributed by atoms with van der Waals surface area (Å²) in [5.41, 5.74) is 7.71. The molecule has 2 aliphatic rings. The molecule has 0 radical (unpaired) electrons. The monoisotopic (exact) mass is 430 g/mol. The van der Waals surface area contributed by atoms with Crippen molar-refractivity contribution in [1.29, 1.82) is 0 Å². The predicted molar refractivity (Wildman–Crippen MR) is 119 cm³/mol. The number of unbranched alkanes of at least 4 members (excludes halogenated alkanes) is 1. The molecule has 0 bridgehead atoms. The van der Waals surface area contributed by atoms with Gasteiger partial charge in [0.2, 0.25) is 5.91 Å². The number of methoxy groups -OCH3 is 1. The minimum atomic E-state index is -0.357. The summed E-state index contributed by atoms with van der Waals surface area (Å²) >= 11 is 0. The summed E-state index contributed by atoms with van der Waals surface area (Å²) in [4.78, 5) is 31.9. The number of carbonyl (C=O) groups is 2. The molecule has 31 heavy (non-hydrogen) atoms. The van der Waals surface area contributed by atoms with Crippen LogP contribution in [-0.2, 0) is 20.9 Å². The number of aliphatic imine (C=N–C) groups is 1. The molecule has 0 saturated heterocycles. The molecule has 1 aliphatic heterocycles. The standard InChI is InChI=1S/C23H34N4O4/c1-26(18-8-4-3-5-9-18)21(28)10-6-7-13-31-19-12-11-17-15-27(16-22(29)30-2)23(24)25-20(17)14-19/h11-12,14,18H,3-10,13,15-16H2,1-2H3,(H2,24,25). The van der Waals surface area contributed by atoms with Crippen molar-refractivity contribution >= 4 is 23.5 Å². The fourth-order valence-electron chi connectivity index (χ4n) is 4.13. The third kappa shape index (κ3) is 6.35. The molecule has 2 N–H and O–H groups in total. The summed E-state index contributed by atoms with van der Waals surface area (Å²) in [7, 11) is 3.29. The van der Waals surface area contributed by atoms with E-state index >= 15 is 0 Å². The van der Waals surface area contributed by atoms with Crippen LogP contribution >= 0.6 is 0 Å². The predicted octanol–water partition coefficient (Wildman–Crippen LogP) is 2.96. The summed E-state index contributed by atoms with van der Waals surface area (Å²) in [5, 5.41) is 0. The van der Waals surface area contributed by atoms with E-state index in [0.717, 1.165) is 42.7 Å². The van der Waals surface area contributed by atoms with Crippen LogP contribution in [0.5, 0.6) is 5.75 Å². The van der Waals surface area contributed by atoms with Gasteiger partial charge in [0.15, 0.2) is 5.96 Å². The van der Waals surface area contributed by atoms with Crippen LogP contribution in [0.2, 0.25) is 0 Å². The van der Waals surface area contributed by atoms with E-state index in [1.165, 1.54) is 26.4 Å². The van der Waals surface area contributed by atoms with Crippen LogP contribution in [0.4, 0.5) is 5.69 Å². The summed E-state index contributed by atoms with van der Waals surface area (Å²) < 4.78 is 10.5. The number of amides is 1. The molecule has 1 aliphatic carbocycles. The van der Waals surface area contributed by atoms with Gasteiger partial charge in [-0.3, -0.25) is 9.59 Å². The maximum absolute atomic E-state index is 12.4. The van der Waals surface area contributed by atoms with Crippen LogP contribution in [0.15, 0.2) is 23.2 Å². The molecule has 0 atom stereocenters. The highest BCUT2D eigenvalue weighted by Gasteiger charge is 2.22. The number of carbonyl (C=O) groups excluding carboxylic acids is 2. The van der Waals surface area contributed by atoms with Gasteiger partial charge in [-0.15, -0.1) is 0 Å². The Morgan fingerprint density at radius 3 is 2.74 bits per heavy atom. The normalized spacial score (nSPS) is 16.3. The van der Waals surface area contributed by atoms with E-state index in [4.69, 9.17) is 15.2 Å². The first-order valence-corrected chi connectivity index (χ1v) is 11.1. The topological polar surface area (TPSA) is 97.5 Å². The summed E-state index contributed by atoms with van der Waals surface area (Å²) in [6, 6.07) is 6.12. The smallest absolute Gasteiger partial charge is 0.325 e. The van der Waals surface area contributed by atoms with Gasteiger partial charge in [-0.1, -0.05) is 25.3 Å². The lowest BCUT2D eigenvalue weighted by Gasteiger charge is -2.31. The van der Waals surface area contributed by atoms with Crippen molar-refractivity contribution in [2.45, 2.75) is 64.0 Å². The Morgan fingerprint density at radius 2 is 2.00 bits per heavy atom. The summed E-state index contributed by atoms with van der Waals surface area (Å²) in [6.45, 7) is 1.11. The molecule has 1 heterocycles. The second-order valence-electron chi connectivity index (χ2n) is 8.29. The third-order valence-corrected chi connectivity index (χ3v) is 6.09. The molecule has 1 amide bonds. The van der Waals surface area contributed by atoms with Gasteiger partial charge in [0.1, 0.15) is 12.3 Å². The van der Waals surface area contributed by atoms with Gasteiger partial charge in [-0.05, 0) is 37.3 Å². The van der Waals surface area contributed by atoms with E-state index < -0.39 is 0 Å². The van der Waals surface area contributed by atoms with Crippen LogP contribution in [0.3, 0.4) is 0 Å². The zero-order valence-corrected chi connectivity index (χ0v) is 18.6. The molecule has 1 fully saturated rings. The molecular formula is C23H34N4O4. The summed E-state index contributed by atoms with van der Waals surface area (Å²) in [5.74, 6) is 0.894. The maximum Gasteiger partial charge on any atom is 0.325 e. The minimum Gasteiger partial charge on any atom is -0.494 e. The van der Waals surface area contributed by atoms with Crippen molar-refractivity contribution in [3.05, 3.63) is 23.8 Å². The Hall–Kier alpha value is -2.77. The van der Waals surface area contributed by atoms with E-state index in [9.17, 15) is 9.59 Å². The molecule has 0 spiro atoms. The second-order valence-corrected chi connectivity index (χ2v) is 8.29. The molecule has 8 heteroatoms. The highest BCUT2D eigenvalue weighted by atomic mass is 16.5. The minimum absolute atomic E-state index is 0.0676. The van der Waals surface area contributed by atoms with E-state index in [1.807, 2.05) is 30.1 Å². The number of esters is 1. The Labute approximate surface area is 184 Å². The van der Waals surface area contributed by atoms with Gasteiger partial charge in [-0.25, -0.2) is 4.99 Å². The van der Waals surface area contributed by atoms with Crippen molar-refractivity contribution in [3.63, 3.8) is 0 Å². The highest BCUT2D eigenvalue weighted by Crippen LogP contribution is 2.30. The first kappa shape index (κ1) is 22.9. The van der Waals surface area contributed by atoms with E-state index in [-0.39, 0.29) is 24.4 Å². The van der Waals surface area contributed by atoms with Crippen LogP contribution in [0, 0.1) is 0 Å². The van der Waals surface area contributed by atoms with Crippen molar-refractivity contribution in [2.75, 3.05) is 27.3 Å². The second kappa shape index (κ2) is 11.0. The lowest BCUT2D eigenvalue weighted by atomic mass is 9.94. The van der Waals surface area contributed by atoms with Crippen LogP contribution < -0.4 is 10.5 Å². The number of nitrogens with zero attached hydrogens (tertiary/aromatic N) is 3. The number of benzene rings is 1. The highest BCUT2D eigenvalue weighted by molar-refractivity contribution is 5.87. The maximum atomic E-state index is 12.4. The molecule has 170 valence electrons. The molecule has 1 aromatic rings. The fourth-order valence-corrected chi connectivity index (χ4v) is 4.13. The molecule has 1 saturated carbocycles. The SMILES string of the molecule is COC(=O)CN1Cc2ccc(OCCCCC(=O)N(C)C3CCCCC3)cc2N=C1N. The number of hydrogen-bond donors (Lipinski definition) is 1. The number of guanidine groups is 1. The number of fused-ring (bicyclic) bond motifs is 1. The lowest BCUT2D eigenvalue weighted by molar-refractivity contribution is -0.141. The van der Waals surface area contributed by atoms with E-state index in [0.29, 0.717) is 25.6 Å². The Morgan fingerprint density at radius 1 is 1.23 bits per heavy atom. The molecule has 0 aromatic heterocycles. The number of ether oxygens (including phenoxy) is 2. The Bertz CT molecular complexity index is 805. The van der Waals surface area contributed by atoms with Crippen molar-refractivity contribution in [3.8, 4) is 5.75 Å². The van der Waals surface area contributed by atoms with Crippen LogP contribution in [0.25, 0.3) is 0 Å². The first-order valence-electron chi connectivity index (χ1n) is 11.1. The van der Waals surface area contributed by atoms with Gasteiger partial charge in [0.25, 0.3) is 0 Å². The number of nitrogens with two attached hydrogens (primary N) is 1. The third-order valence-electron chi connectivity index (χ3n) is 6.09. The lowest BCUT2D eigenvalue weighted by Crippen LogP contribution is -2.42. The fraction of sp³-hybridized carbons (Fsp3) is 0.609. The molecule has 1 aromatic carbocycles. The molecule has 3 rings (SSSR count). The molecule has 8 nitrogen and oxygen atoms in total. The quantitative estimate of drug-likeness (QED) is 0.478.